The van der Waals surface area contributed by atoms with Gasteiger partial charge in [-0.1, -0.05) is 49.7 Å². The SMILES string of the molecule is C#CN(CCC)C(=O)c1ccccc1.c1cc2cc-2c1. The van der Waals surface area contributed by atoms with E-state index in [1.807, 2.05) is 25.1 Å². The van der Waals surface area contributed by atoms with Gasteiger partial charge in [0.2, 0.25) is 0 Å². The summed E-state index contributed by atoms with van der Waals surface area (Å²) in [7, 11) is 0. The van der Waals surface area contributed by atoms with Crippen LogP contribution in [0.15, 0.2) is 54.6 Å². The first-order valence-corrected chi connectivity index (χ1v) is 6.70. The van der Waals surface area contributed by atoms with Crippen LogP contribution in [0.3, 0.4) is 0 Å². The zero-order chi connectivity index (χ0) is 14.4. The van der Waals surface area contributed by atoms with Gasteiger partial charge in [-0.2, -0.15) is 0 Å². The lowest BCUT2D eigenvalue weighted by Gasteiger charge is -2.13. The zero-order valence-electron chi connectivity index (χ0n) is 11.5. The second kappa shape index (κ2) is 6.58. The average molecular weight is 263 g/mol. The number of carbonyl (C=O) groups excluding carboxylic acids is 1. The number of hydrogen-bond donors (Lipinski definition) is 0. The molecule has 2 aliphatic rings. The summed E-state index contributed by atoms with van der Waals surface area (Å²) in [6.07, 6.45) is 6.12. The van der Waals surface area contributed by atoms with Gasteiger partial charge in [-0.15, -0.1) is 0 Å². The molecule has 0 bridgehead atoms. The smallest absolute Gasteiger partial charge is 0.265 e. The molecule has 0 saturated heterocycles. The van der Waals surface area contributed by atoms with Crippen LogP contribution in [0.5, 0.6) is 0 Å². The Morgan fingerprint density at radius 3 is 2.15 bits per heavy atom. The van der Waals surface area contributed by atoms with E-state index in [0.29, 0.717) is 12.1 Å². The Hall–Kier alpha value is -2.53. The second-order valence-corrected chi connectivity index (χ2v) is 4.53. The first-order valence-electron chi connectivity index (χ1n) is 6.70. The molecule has 0 spiro atoms. The van der Waals surface area contributed by atoms with E-state index in [9.17, 15) is 4.79 Å². The normalized spacial score (nSPS) is 9.80. The first-order chi connectivity index (χ1) is 9.76. The maximum atomic E-state index is 11.7. The molecule has 1 aromatic carbocycles. The lowest BCUT2D eigenvalue weighted by Crippen LogP contribution is -2.26. The summed E-state index contributed by atoms with van der Waals surface area (Å²) in [4.78, 5) is 13.1. The van der Waals surface area contributed by atoms with E-state index in [0.717, 1.165) is 6.42 Å². The molecule has 20 heavy (non-hydrogen) atoms. The van der Waals surface area contributed by atoms with Gasteiger partial charge in [0.15, 0.2) is 0 Å². The standard InChI is InChI=1S/C12H13NO.C6H4/c1-3-10-13(4-2)12(14)11-8-6-5-7-9-11;1-2-5-4-6(5)3-1/h2,5-9H,3,10H2,1H3;1-4H. The predicted molar refractivity (Wildman–Crippen MR) is 82.0 cm³/mol. The van der Waals surface area contributed by atoms with Gasteiger partial charge < -0.3 is 0 Å². The predicted octanol–water partition coefficient (Wildman–Crippen LogP) is 3.80. The number of terminal acetylenes is 1. The Morgan fingerprint density at radius 1 is 1.10 bits per heavy atom. The van der Waals surface area contributed by atoms with E-state index in [-0.39, 0.29) is 5.91 Å². The zero-order valence-corrected chi connectivity index (χ0v) is 11.5. The molecule has 2 aliphatic carbocycles. The quantitative estimate of drug-likeness (QED) is 0.520. The van der Waals surface area contributed by atoms with Gasteiger partial charge in [-0.25, -0.2) is 0 Å². The molecule has 1 amide bonds. The lowest BCUT2D eigenvalue weighted by molar-refractivity contribution is 0.0835. The second-order valence-electron chi connectivity index (χ2n) is 4.53. The molecule has 3 rings (SSSR count). The van der Waals surface area contributed by atoms with Gasteiger partial charge in [-0.05, 0) is 35.7 Å². The van der Waals surface area contributed by atoms with E-state index in [1.54, 1.807) is 12.1 Å². The van der Waals surface area contributed by atoms with Gasteiger partial charge in [0.25, 0.3) is 5.91 Å². The summed E-state index contributed by atoms with van der Waals surface area (Å²) >= 11 is 0. The minimum atomic E-state index is -0.102. The van der Waals surface area contributed by atoms with Crippen LogP contribution in [0.4, 0.5) is 0 Å². The molecule has 0 aromatic heterocycles. The number of nitrogens with zero attached hydrogens (tertiary/aromatic N) is 1. The molecule has 0 radical (unpaired) electrons. The third kappa shape index (κ3) is 3.49. The molecule has 100 valence electrons. The molecule has 0 atom stereocenters. The Kier molecular flexibility index (Phi) is 4.57. The van der Waals surface area contributed by atoms with Crippen LogP contribution in [0, 0.1) is 12.5 Å². The van der Waals surface area contributed by atoms with Crippen molar-refractivity contribution in [2.45, 2.75) is 13.3 Å². The van der Waals surface area contributed by atoms with Gasteiger partial charge in [0.1, 0.15) is 0 Å². The average Bonchev–Trinajstić information content (AvgIpc) is 3.11. The topological polar surface area (TPSA) is 20.3 Å². The maximum Gasteiger partial charge on any atom is 0.265 e. The summed E-state index contributed by atoms with van der Waals surface area (Å²) in [5, 5.41) is 0. The molecule has 0 aliphatic heterocycles. The highest BCUT2D eigenvalue weighted by Crippen LogP contribution is 2.32. The minimum Gasteiger partial charge on any atom is -0.268 e. The summed E-state index contributed by atoms with van der Waals surface area (Å²) in [6.45, 7) is 2.59. The highest BCUT2D eigenvalue weighted by atomic mass is 16.2. The van der Waals surface area contributed by atoms with Crippen LogP contribution in [-0.4, -0.2) is 17.4 Å². The van der Waals surface area contributed by atoms with Crippen molar-refractivity contribution in [3.8, 4) is 23.6 Å². The van der Waals surface area contributed by atoms with Crippen molar-refractivity contribution in [1.29, 1.82) is 0 Å². The number of hydrogen-bond acceptors (Lipinski definition) is 1. The molecular formula is C18H17NO. The monoisotopic (exact) mass is 263 g/mol. The van der Waals surface area contributed by atoms with Crippen molar-refractivity contribution < 1.29 is 4.79 Å². The summed E-state index contributed by atoms with van der Waals surface area (Å²) < 4.78 is 0. The number of amides is 1. The summed E-state index contributed by atoms with van der Waals surface area (Å²) in [6, 6.07) is 19.9. The third-order valence-electron chi connectivity index (χ3n) is 2.98. The van der Waals surface area contributed by atoms with E-state index in [2.05, 4.69) is 30.3 Å². The van der Waals surface area contributed by atoms with Crippen LogP contribution in [0.2, 0.25) is 0 Å². The van der Waals surface area contributed by atoms with Gasteiger partial charge >= 0.3 is 0 Å². The van der Waals surface area contributed by atoms with Crippen molar-refractivity contribution in [2.24, 2.45) is 0 Å². The highest BCUT2D eigenvalue weighted by molar-refractivity contribution is 5.95. The Balaban J connectivity index is 0.000000198. The Morgan fingerprint density at radius 2 is 1.75 bits per heavy atom. The van der Waals surface area contributed by atoms with Crippen LogP contribution in [-0.2, 0) is 0 Å². The van der Waals surface area contributed by atoms with Crippen LogP contribution >= 0.6 is 0 Å². The first kappa shape index (κ1) is 13.9. The fraction of sp³-hybridized carbons (Fsp3) is 0.167. The van der Waals surface area contributed by atoms with E-state index >= 15 is 0 Å². The molecule has 0 saturated carbocycles. The number of fused-ring (bicyclic) bond motifs is 1. The fourth-order valence-corrected chi connectivity index (χ4v) is 1.86. The van der Waals surface area contributed by atoms with Crippen molar-refractivity contribution in [3.05, 3.63) is 60.2 Å². The van der Waals surface area contributed by atoms with Gasteiger partial charge in [0, 0.05) is 18.2 Å². The highest BCUT2D eigenvalue weighted by Gasteiger charge is 2.11. The summed E-state index contributed by atoms with van der Waals surface area (Å²) in [5.41, 5.74) is 3.49. The minimum absolute atomic E-state index is 0.102. The number of carbonyl (C=O) groups is 1. The molecule has 0 unspecified atom stereocenters. The van der Waals surface area contributed by atoms with Gasteiger partial charge in [-0.3, -0.25) is 9.69 Å². The van der Waals surface area contributed by atoms with Crippen molar-refractivity contribution >= 4 is 5.91 Å². The van der Waals surface area contributed by atoms with Gasteiger partial charge in [0.05, 0.1) is 0 Å². The Bertz CT molecular complexity index is 608. The maximum absolute atomic E-state index is 11.7. The molecule has 0 fully saturated rings. The fourth-order valence-electron chi connectivity index (χ4n) is 1.86. The molecule has 2 heteroatoms. The van der Waals surface area contributed by atoms with E-state index in [1.165, 1.54) is 16.0 Å². The van der Waals surface area contributed by atoms with Crippen LogP contribution in [0.1, 0.15) is 23.7 Å². The number of rotatable bonds is 3. The largest absolute Gasteiger partial charge is 0.268 e. The van der Waals surface area contributed by atoms with Crippen molar-refractivity contribution in [2.75, 3.05) is 6.54 Å². The summed E-state index contributed by atoms with van der Waals surface area (Å²) in [5.74, 6) is -0.102. The van der Waals surface area contributed by atoms with E-state index < -0.39 is 0 Å². The van der Waals surface area contributed by atoms with Crippen LogP contribution in [0.25, 0.3) is 11.1 Å². The number of benzene rings is 2. The lowest BCUT2D eigenvalue weighted by atomic mass is 10.2. The van der Waals surface area contributed by atoms with Crippen molar-refractivity contribution in [3.63, 3.8) is 0 Å². The van der Waals surface area contributed by atoms with Crippen molar-refractivity contribution in [1.82, 2.24) is 4.90 Å². The molecule has 0 N–H and O–H groups in total. The molecular weight excluding hydrogens is 246 g/mol. The molecule has 2 nitrogen and oxygen atoms in total. The molecule has 1 aromatic rings. The Labute approximate surface area is 120 Å². The third-order valence-corrected chi connectivity index (χ3v) is 2.98. The molecule has 0 heterocycles. The van der Waals surface area contributed by atoms with Crippen LogP contribution < -0.4 is 0 Å². The van der Waals surface area contributed by atoms with E-state index in [4.69, 9.17) is 6.42 Å².